The maximum Gasteiger partial charge on any atom is 0.0589 e. The van der Waals surface area contributed by atoms with Gasteiger partial charge in [0.15, 0.2) is 0 Å². The van der Waals surface area contributed by atoms with Crippen LogP contribution in [0, 0.1) is 12.8 Å². The Hall–Kier alpha value is -0.870. The fourth-order valence-electron chi connectivity index (χ4n) is 3.26. The van der Waals surface area contributed by atoms with E-state index in [-0.39, 0.29) is 0 Å². The van der Waals surface area contributed by atoms with Gasteiger partial charge in [0.1, 0.15) is 0 Å². The molecule has 1 aromatic rings. The van der Waals surface area contributed by atoms with Crippen molar-refractivity contribution in [2.24, 2.45) is 5.92 Å². The van der Waals surface area contributed by atoms with Gasteiger partial charge in [-0.3, -0.25) is 9.58 Å². The SMILES string of the molecule is Cc1cnn(CCCCCN2CCCC(C)C2CO)c1. The maximum atomic E-state index is 9.53. The van der Waals surface area contributed by atoms with Gasteiger partial charge in [-0.15, -0.1) is 0 Å². The number of hydrogen-bond donors (Lipinski definition) is 1. The number of aliphatic hydroxyl groups excluding tert-OH is 1. The Kier molecular flexibility index (Phi) is 6.05. The average Bonchev–Trinajstić information content (AvgIpc) is 2.84. The van der Waals surface area contributed by atoms with Crippen LogP contribution in [0.3, 0.4) is 0 Å². The summed E-state index contributed by atoms with van der Waals surface area (Å²) >= 11 is 0. The lowest BCUT2D eigenvalue weighted by Gasteiger charge is -2.39. The first-order valence-corrected chi connectivity index (χ1v) is 8.04. The highest BCUT2D eigenvalue weighted by molar-refractivity contribution is 4.99. The van der Waals surface area contributed by atoms with Gasteiger partial charge in [-0.1, -0.05) is 13.3 Å². The highest BCUT2D eigenvalue weighted by atomic mass is 16.3. The minimum absolute atomic E-state index is 0.313. The van der Waals surface area contributed by atoms with Crippen molar-refractivity contribution >= 4 is 0 Å². The Bertz CT molecular complexity index is 391. The molecule has 0 amide bonds. The average molecular weight is 279 g/mol. The third-order valence-electron chi connectivity index (χ3n) is 4.51. The van der Waals surface area contributed by atoms with Gasteiger partial charge >= 0.3 is 0 Å². The zero-order chi connectivity index (χ0) is 14.4. The lowest BCUT2D eigenvalue weighted by molar-refractivity contribution is 0.0517. The molecule has 114 valence electrons. The lowest BCUT2D eigenvalue weighted by atomic mass is 9.91. The van der Waals surface area contributed by atoms with Crippen molar-refractivity contribution in [3.05, 3.63) is 18.0 Å². The number of nitrogens with zero attached hydrogens (tertiary/aromatic N) is 3. The van der Waals surface area contributed by atoms with E-state index >= 15 is 0 Å². The van der Waals surface area contributed by atoms with Gasteiger partial charge in [0, 0.05) is 18.8 Å². The van der Waals surface area contributed by atoms with Crippen molar-refractivity contribution in [2.45, 2.75) is 58.5 Å². The van der Waals surface area contributed by atoms with Crippen molar-refractivity contribution < 1.29 is 5.11 Å². The molecule has 0 bridgehead atoms. The molecule has 0 aliphatic carbocycles. The van der Waals surface area contributed by atoms with E-state index in [9.17, 15) is 5.11 Å². The van der Waals surface area contributed by atoms with Gasteiger partial charge in [-0.05, 0) is 57.2 Å². The topological polar surface area (TPSA) is 41.3 Å². The van der Waals surface area contributed by atoms with Crippen molar-refractivity contribution in [2.75, 3.05) is 19.7 Å². The number of aliphatic hydroxyl groups is 1. The molecule has 20 heavy (non-hydrogen) atoms. The predicted octanol–water partition coefficient (Wildman–Crippen LogP) is 2.45. The summed E-state index contributed by atoms with van der Waals surface area (Å²) in [4.78, 5) is 2.49. The molecular weight excluding hydrogens is 250 g/mol. The van der Waals surface area contributed by atoms with E-state index in [1.807, 2.05) is 10.9 Å². The van der Waals surface area contributed by atoms with Gasteiger partial charge in [0.05, 0.1) is 12.8 Å². The molecule has 1 fully saturated rings. The molecule has 2 unspecified atom stereocenters. The van der Waals surface area contributed by atoms with Crippen LogP contribution in [0.1, 0.15) is 44.6 Å². The normalized spacial score (nSPS) is 24.1. The largest absolute Gasteiger partial charge is 0.395 e. The molecule has 0 saturated carbocycles. The quantitative estimate of drug-likeness (QED) is 0.780. The minimum atomic E-state index is 0.313. The molecule has 1 aromatic heterocycles. The number of likely N-dealkylation sites (tertiary alicyclic amines) is 1. The molecule has 1 N–H and O–H groups in total. The molecule has 0 spiro atoms. The van der Waals surface area contributed by atoms with Crippen LogP contribution in [0.15, 0.2) is 12.4 Å². The molecule has 4 heteroatoms. The fraction of sp³-hybridized carbons (Fsp3) is 0.812. The number of hydrogen-bond acceptors (Lipinski definition) is 3. The lowest BCUT2D eigenvalue weighted by Crippen LogP contribution is -2.46. The maximum absolute atomic E-state index is 9.53. The molecule has 2 rings (SSSR count). The zero-order valence-corrected chi connectivity index (χ0v) is 13.0. The second-order valence-electron chi connectivity index (χ2n) is 6.25. The Morgan fingerprint density at radius 3 is 2.80 bits per heavy atom. The highest BCUT2D eigenvalue weighted by Crippen LogP contribution is 2.23. The molecular formula is C16H29N3O. The summed E-state index contributed by atoms with van der Waals surface area (Å²) < 4.78 is 2.04. The molecule has 0 radical (unpaired) electrons. The predicted molar refractivity (Wildman–Crippen MR) is 81.7 cm³/mol. The summed E-state index contributed by atoms with van der Waals surface area (Å²) in [5.41, 5.74) is 1.23. The molecule has 1 saturated heterocycles. The first-order chi connectivity index (χ1) is 9.70. The number of rotatable bonds is 7. The Morgan fingerprint density at radius 2 is 2.10 bits per heavy atom. The van der Waals surface area contributed by atoms with Crippen LogP contribution in [0.2, 0.25) is 0 Å². The van der Waals surface area contributed by atoms with Crippen LogP contribution in [0.4, 0.5) is 0 Å². The van der Waals surface area contributed by atoms with E-state index in [0.29, 0.717) is 18.6 Å². The Labute approximate surface area is 122 Å². The number of aromatic nitrogens is 2. The number of aryl methyl sites for hydroxylation is 2. The Balaban J connectivity index is 1.62. The molecule has 1 aliphatic rings. The molecule has 4 nitrogen and oxygen atoms in total. The number of piperidine rings is 1. The van der Waals surface area contributed by atoms with Crippen molar-refractivity contribution in [3.63, 3.8) is 0 Å². The van der Waals surface area contributed by atoms with Gasteiger partial charge in [-0.25, -0.2) is 0 Å². The molecule has 2 atom stereocenters. The monoisotopic (exact) mass is 279 g/mol. The van der Waals surface area contributed by atoms with Gasteiger partial charge in [0.2, 0.25) is 0 Å². The van der Waals surface area contributed by atoms with E-state index < -0.39 is 0 Å². The van der Waals surface area contributed by atoms with E-state index in [1.165, 1.54) is 37.7 Å². The second-order valence-corrected chi connectivity index (χ2v) is 6.25. The summed E-state index contributed by atoms with van der Waals surface area (Å²) in [5.74, 6) is 0.640. The van der Waals surface area contributed by atoms with Crippen molar-refractivity contribution in [3.8, 4) is 0 Å². The summed E-state index contributed by atoms with van der Waals surface area (Å²) in [6, 6.07) is 0.387. The summed E-state index contributed by atoms with van der Waals surface area (Å²) in [6.07, 6.45) is 10.2. The highest BCUT2D eigenvalue weighted by Gasteiger charge is 2.26. The summed E-state index contributed by atoms with van der Waals surface area (Å²) in [7, 11) is 0. The van der Waals surface area contributed by atoms with Crippen LogP contribution >= 0.6 is 0 Å². The van der Waals surface area contributed by atoms with E-state index in [1.54, 1.807) is 0 Å². The molecule has 1 aliphatic heterocycles. The van der Waals surface area contributed by atoms with E-state index in [4.69, 9.17) is 0 Å². The van der Waals surface area contributed by atoms with Gasteiger partial charge in [-0.2, -0.15) is 5.10 Å². The summed E-state index contributed by atoms with van der Waals surface area (Å²) in [6.45, 7) is 7.98. The van der Waals surface area contributed by atoms with Crippen molar-refractivity contribution in [1.82, 2.24) is 14.7 Å². The third-order valence-corrected chi connectivity index (χ3v) is 4.51. The van der Waals surface area contributed by atoms with Crippen LogP contribution in [0.25, 0.3) is 0 Å². The number of unbranched alkanes of at least 4 members (excludes halogenated alkanes) is 2. The van der Waals surface area contributed by atoms with Crippen LogP contribution in [-0.4, -0.2) is 45.5 Å². The molecule has 0 aromatic carbocycles. The zero-order valence-electron chi connectivity index (χ0n) is 13.0. The van der Waals surface area contributed by atoms with Crippen molar-refractivity contribution in [1.29, 1.82) is 0 Å². The minimum Gasteiger partial charge on any atom is -0.395 e. The van der Waals surface area contributed by atoms with Crippen LogP contribution in [0.5, 0.6) is 0 Å². The van der Waals surface area contributed by atoms with Crippen LogP contribution in [-0.2, 0) is 6.54 Å². The Morgan fingerprint density at radius 1 is 1.30 bits per heavy atom. The smallest absolute Gasteiger partial charge is 0.0589 e. The van der Waals surface area contributed by atoms with E-state index in [2.05, 4.69) is 30.0 Å². The first-order valence-electron chi connectivity index (χ1n) is 8.04. The van der Waals surface area contributed by atoms with E-state index in [0.717, 1.165) is 19.6 Å². The third kappa shape index (κ3) is 4.32. The summed E-state index contributed by atoms with van der Waals surface area (Å²) in [5, 5.41) is 13.8. The molecule has 2 heterocycles. The van der Waals surface area contributed by atoms with Crippen LogP contribution < -0.4 is 0 Å². The second kappa shape index (κ2) is 7.79. The van der Waals surface area contributed by atoms with Gasteiger partial charge in [0.25, 0.3) is 0 Å². The first kappa shape index (κ1) is 15.5. The van der Waals surface area contributed by atoms with Gasteiger partial charge < -0.3 is 5.11 Å². The standard InChI is InChI=1S/C16H29N3O/c1-14-11-17-19(12-14)10-5-3-4-8-18-9-6-7-15(2)16(18)13-20/h11-12,15-16,20H,3-10,13H2,1-2H3. The fourth-order valence-corrected chi connectivity index (χ4v) is 3.26.